The van der Waals surface area contributed by atoms with Gasteiger partial charge in [-0.3, -0.25) is 0 Å². The zero-order valence-electron chi connectivity index (χ0n) is 8.70. The third-order valence-corrected chi connectivity index (χ3v) is 4.57. The number of aliphatic hydroxyl groups is 1. The molecular weight excluding hydrogens is 198 g/mol. The van der Waals surface area contributed by atoms with Crippen LogP contribution in [0.2, 0.25) is 0 Å². The number of halogens is 1. The average Bonchev–Trinajstić information content (AvgIpc) is 2.00. The summed E-state index contributed by atoms with van der Waals surface area (Å²) < 4.78 is 0. The molecule has 2 N–H and O–H groups in total. The van der Waals surface area contributed by atoms with E-state index < -0.39 is 0 Å². The molecule has 2 nitrogen and oxygen atoms in total. The molecule has 4 aliphatic rings. The van der Waals surface area contributed by atoms with Gasteiger partial charge in [-0.25, -0.2) is 0 Å². The van der Waals surface area contributed by atoms with Gasteiger partial charge in [0.1, 0.15) is 0 Å². The van der Waals surface area contributed by atoms with Crippen molar-refractivity contribution in [1.82, 2.24) is 5.32 Å². The van der Waals surface area contributed by atoms with E-state index in [4.69, 9.17) is 0 Å². The minimum Gasteiger partial charge on any atom is -0.390 e. The first-order valence-electron chi connectivity index (χ1n) is 5.60. The standard InChI is InChI=1S/C11H19NO.ClH/c1-12-10-8-2-7-3-9(10)6-11(13,4-7)5-8;/h7-10,12-13H,2-6H2,1H3;1H. The molecule has 4 fully saturated rings. The third-order valence-electron chi connectivity index (χ3n) is 4.57. The molecule has 0 aliphatic heterocycles. The van der Waals surface area contributed by atoms with Crippen LogP contribution >= 0.6 is 12.4 Å². The number of hydrogen-bond donors (Lipinski definition) is 2. The maximum atomic E-state index is 10.3. The van der Waals surface area contributed by atoms with Crippen LogP contribution in [-0.4, -0.2) is 23.8 Å². The molecule has 4 saturated carbocycles. The van der Waals surface area contributed by atoms with E-state index in [1.165, 1.54) is 12.8 Å². The lowest BCUT2D eigenvalue weighted by Crippen LogP contribution is -2.60. The van der Waals surface area contributed by atoms with Crippen LogP contribution in [0.25, 0.3) is 0 Å². The second-order valence-corrected chi connectivity index (χ2v) is 5.51. The Morgan fingerprint density at radius 2 is 1.71 bits per heavy atom. The Hall–Kier alpha value is 0.210. The van der Waals surface area contributed by atoms with Gasteiger partial charge in [0.05, 0.1) is 5.60 Å². The Morgan fingerprint density at radius 1 is 1.14 bits per heavy atom. The quantitative estimate of drug-likeness (QED) is 0.699. The van der Waals surface area contributed by atoms with Crippen LogP contribution in [0.15, 0.2) is 0 Å². The fraction of sp³-hybridized carbons (Fsp3) is 1.00. The molecule has 0 aromatic carbocycles. The van der Waals surface area contributed by atoms with Gasteiger partial charge in [-0.1, -0.05) is 0 Å². The predicted octanol–water partition coefficient (Wildman–Crippen LogP) is 1.57. The summed E-state index contributed by atoms with van der Waals surface area (Å²) in [5.41, 5.74) is -0.260. The van der Waals surface area contributed by atoms with Crippen molar-refractivity contribution in [2.75, 3.05) is 7.05 Å². The molecule has 2 atom stereocenters. The van der Waals surface area contributed by atoms with E-state index in [2.05, 4.69) is 12.4 Å². The molecule has 14 heavy (non-hydrogen) atoms. The fourth-order valence-corrected chi connectivity index (χ4v) is 4.45. The van der Waals surface area contributed by atoms with Gasteiger partial charge in [0.2, 0.25) is 0 Å². The number of rotatable bonds is 1. The second kappa shape index (κ2) is 3.36. The fourth-order valence-electron chi connectivity index (χ4n) is 4.45. The molecule has 3 heteroatoms. The molecule has 0 spiro atoms. The second-order valence-electron chi connectivity index (χ2n) is 5.51. The Bertz CT molecular complexity index is 217. The summed E-state index contributed by atoms with van der Waals surface area (Å²) in [4.78, 5) is 0. The van der Waals surface area contributed by atoms with E-state index in [9.17, 15) is 5.11 Å². The monoisotopic (exact) mass is 217 g/mol. The van der Waals surface area contributed by atoms with E-state index in [0.29, 0.717) is 6.04 Å². The van der Waals surface area contributed by atoms with Gasteiger partial charge in [-0.15, -0.1) is 12.4 Å². The summed E-state index contributed by atoms with van der Waals surface area (Å²) >= 11 is 0. The van der Waals surface area contributed by atoms with Crippen LogP contribution < -0.4 is 5.32 Å². The molecule has 82 valence electrons. The highest BCUT2D eigenvalue weighted by Gasteiger charge is 2.54. The number of hydrogen-bond acceptors (Lipinski definition) is 2. The summed E-state index contributed by atoms with van der Waals surface area (Å²) in [5, 5.41) is 13.7. The van der Waals surface area contributed by atoms with Crippen molar-refractivity contribution in [2.24, 2.45) is 17.8 Å². The minimum absolute atomic E-state index is 0. The van der Waals surface area contributed by atoms with Gasteiger partial charge in [0.15, 0.2) is 0 Å². The van der Waals surface area contributed by atoms with Gasteiger partial charge in [-0.2, -0.15) is 0 Å². The van der Waals surface area contributed by atoms with Crippen molar-refractivity contribution >= 4 is 12.4 Å². The van der Waals surface area contributed by atoms with Crippen LogP contribution in [0.1, 0.15) is 32.1 Å². The molecule has 0 heterocycles. The summed E-state index contributed by atoms with van der Waals surface area (Å²) in [6.07, 6.45) is 5.95. The zero-order valence-corrected chi connectivity index (χ0v) is 9.52. The Kier molecular flexibility index (Phi) is 2.57. The van der Waals surface area contributed by atoms with Gasteiger partial charge in [0, 0.05) is 6.04 Å². The van der Waals surface area contributed by atoms with E-state index in [1.807, 2.05) is 0 Å². The highest BCUT2D eigenvalue weighted by atomic mass is 35.5. The summed E-state index contributed by atoms with van der Waals surface area (Å²) in [5.74, 6) is 2.37. The predicted molar refractivity (Wildman–Crippen MR) is 58.6 cm³/mol. The Balaban J connectivity index is 0.000000750. The van der Waals surface area contributed by atoms with Crippen LogP contribution in [0.5, 0.6) is 0 Å². The largest absolute Gasteiger partial charge is 0.390 e. The maximum absolute atomic E-state index is 10.3. The van der Waals surface area contributed by atoms with Crippen molar-refractivity contribution in [3.05, 3.63) is 0 Å². The van der Waals surface area contributed by atoms with E-state index in [-0.39, 0.29) is 18.0 Å². The van der Waals surface area contributed by atoms with Crippen molar-refractivity contribution in [2.45, 2.75) is 43.7 Å². The van der Waals surface area contributed by atoms with Crippen LogP contribution in [0, 0.1) is 17.8 Å². The molecule has 0 aromatic rings. The molecule has 0 radical (unpaired) electrons. The van der Waals surface area contributed by atoms with E-state index >= 15 is 0 Å². The van der Waals surface area contributed by atoms with Crippen LogP contribution in [-0.2, 0) is 0 Å². The van der Waals surface area contributed by atoms with Gasteiger partial charge in [0.25, 0.3) is 0 Å². The SMILES string of the molecule is CNC1C2CC3CC1CC(O)(C3)C2.Cl. The van der Waals surface area contributed by atoms with Gasteiger partial charge in [-0.05, 0) is 56.9 Å². The van der Waals surface area contributed by atoms with Crippen LogP contribution in [0.4, 0.5) is 0 Å². The maximum Gasteiger partial charge on any atom is 0.0657 e. The molecular formula is C11H20ClNO. The lowest BCUT2D eigenvalue weighted by molar-refractivity contribution is -0.137. The summed E-state index contributed by atoms with van der Waals surface area (Å²) in [6.45, 7) is 0. The first-order valence-corrected chi connectivity index (χ1v) is 5.60. The first-order chi connectivity index (χ1) is 6.20. The topological polar surface area (TPSA) is 32.3 Å². The first kappa shape index (κ1) is 10.7. The lowest BCUT2D eigenvalue weighted by atomic mass is 9.52. The van der Waals surface area contributed by atoms with E-state index in [0.717, 1.165) is 37.0 Å². The van der Waals surface area contributed by atoms with Crippen molar-refractivity contribution in [3.8, 4) is 0 Å². The minimum atomic E-state index is -0.260. The van der Waals surface area contributed by atoms with Gasteiger partial charge < -0.3 is 10.4 Å². The normalized spacial score (nSPS) is 54.4. The zero-order chi connectivity index (χ0) is 9.05. The summed E-state index contributed by atoms with van der Waals surface area (Å²) in [7, 11) is 2.08. The molecule has 0 aromatic heterocycles. The molecule has 4 aliphatic carbocycles. The highest BCUT2D eigenvalue weighted by molar-refractivity contribution is 5.85. The molecule has 4 rings (SSSR count). The van der Waals surface area contributed by atoms with E-state index in [1.54, 1.807) is 0 Å². The molecule has 2 unspecified atom stereocenters. The lowest BCUT2D eigenvalue weighted by Gasteiger charge is -2.58. The van der Waals surface area contributed by atoms with Crippen molar-refractivity contribution in [1.29, 1.82) is 0 Å². The van der Waals surface area contributed by atoms with Crippen molar-refractivity contribution < 1.29 is 5.11 Å². The Labute approximate surface area is 91.9 Å². The average molecular weight is 218 g/mol. The highest BCUT2D eigenvalue weighted by Crippen LogP contribution is 2.55. The Morgan fingerprint density at radius 3 is 2.14 bits per heavy atom. The summed E-state index contributed by atoms with van der Waals surface area (Å²) in [6, 6.07) is 0.705. The third kappa shape index (κ3) is 1.39. The molecule has 0 saturated heterocycles. The smallest absolute Gasteiger partial charge is 0.0657 e. The molecule has 0 amide bonds. The van der Waals surface area contributed by atoms with Gasteiger partial charge >= 0.3 is 0 Å². The number of nitrogens with one attached hydrogen (secondary N) is 1. The van der Waals surface area contributed by atoms with Crippen molar-refractivity contribution in [3.63, 3.8) is 0 Å². The molecule has 4 bridgehead atoms. The van der Waals surface area contributed by atoms with Crippen LogP contribution in [0.3, 0.4) is 0 Å².